The molecule has 3 rings (SSSR count). The zero-order valence-corrected chi connectivity index (χ0v) is 16.3. The Labute approximate surface area is 172 Å². The fourth-order valence-corrected chi connectivity index (χ4v) is 3.80. The van der Waals surface area contributed by atoms with Gasteiger partial charge >= 0.3 is 6.18 Å². The summed E-state index contributed by atoms with van der Waals surface area (Å²) in [4.78, 5) is 26.2. The number of ether oxygens (including phenoxy) is 1. The molecule has 0 saturated carbocycles. The molecule has 2 aromatic carbocycles. The number of nitrogens with two attached hydrogens (primary N) is 1. The van der Waals surface area contributed by atoms with Crippen molar-refractivity contribution in [3.8, 4) is 5.75 Å². The van der Waals surface area contributed by atoms with Crippen molar-refractivity contribution in [1.29, 1.82) is 0 Å². The van der Waals surface area contributed by atoms with Gasteiger partial charge in [-0.3, -0.25) is 9.59 Å². The van der Waals surface area contributed by atoms with Crippen LogP contribution in [-0.2, 0) is 11.0 Å². The fourth-order valence-electron chi connectivity index (χ4n) is 3.80. The Morgan fingerprint density at radius 2 is 1.73 bits per heavy atom. The lowest BCUT2D eigenvalue weighted by molar-refractivity contribution is -0.137. The maximum atomic E-state index is 12.9. The maximum Gasteiger partial charge on any atom is 0.416 e. The lowest BCUT2D eigenvalue weighted by Gasteiger charge is -2.42. The van der Waals surface area contributed by atoms with Crippen molar-refractivity contribution >= 4 is 11.8 Å². The topological polar surface area (TPSA) is 72.6 Å². The summed E-state index contributed by atoms with van der Waals surface area (Å²) in [6.07, 6.45) is -3.12. The van der Waals surface area contributed by atoms with E-state index in [1.54, 1.807) is 17.0 Å². The number of carbonyl (C=O) groups excluding carboxylic acids is 2. The predicted molar refractivity (Wildman–Crippen MR) is 105 cm³/mol. The molecule has 30 heavy (non-hydrogen) atoms. The van der Waals surface area contributed by atoms with E-state index in [9.17, 15) is 22.8 Å². The molecule has 0 aliphatic carbocycles. The molecule has 1 atom stereocenters. The van der Waals surface area contributed by atoms with Gasteiger partial charge in [-0.2, -0.15) is 13.2 Å². The SMILES string of the molecule is NC(=O)C[C@@]1(COc2ccccc2)CCCN(C(=O)c2ccc(C(F)(F)F)cc2)C1. The number of piperidine rings is 1. The number of halogens is 3. The molecule has 2 amide bonds. The first-order valence-electron chi connectivity index (χ1n) is 9.61. The summed E-state index contributed by atoms with van der Waals surface area (Å²) in [5.41, 5.74) is 4.17. The summed E-state index contributed by atoms with van der Waals surface area (Å²) < 4.78 is 44.2. The number of hydrogen-bond acceptors (Lipinski definition) is 3. The first-order valence-corrected chi connectivity index (χ1v) is 9.61. The molecule has 1 fully saturated rings. The van der Waals surface area contributed by atoms with E-state index in [0.717, 1.165) is 12.1 Å². The molecule has 0 bridgehead atoms. The van der Waals surface area contributed by atoms with E-state index >= 15 is 0 Å². The van der Waals surface area contributed by atoms with Crippen molar-refractivity contribution in [2.24, 2.45) is 11.1 Å². The molecule has 1 saturated heterocycles. The Bertz CT molecular complexity index is 885. The number of benzene rings is 2. The number of carbonyl (C=O) groups is 2. The van der Waals surface area contributed by atoms with Crippen LogP contribution in [0.2, 0.25) is 0 Å². The van der Waals surface area contributed by atoms with Gasteiger partial charge in [-0.25, -0.2) is 0 Å². The van der Waals surface area contributed by atoms with Gasteiger partial charge in [0.2, 0.25) is 5.91 Å². The van der Waals surface area contributed by atoms with Crippen LogP contribution in [0.3, 0.4) is 0 Å². The highest BCUT2D eigenvalue weighted by atomic mass is 19.4. The minimum atomic E-state index is -4.46. The molecule has 8 heteroatoms. The number of hydrogen-bond donors (Lipinski definition) is 1. The number of likely N-dealkylation sites (tertiary alicyclic amines) is 1. The Kier molecular flexibility index (Phi) is 6.34. The van der Waals surface area contributed by atoms with Crippen LogP contribution in [0, 0.1) is 5.41 Å². The van der Waals surface area contributed by atoms with Gasteiger partial charge in [-0.05, 0) is 49.2 Å². The standard InChI is InChI=1S/C22H23F3N2O3/c23-22(24,25)17-9-7-16(8-10-17)20(29)27-12-4-11-21(14-27,13-19(26)28)15-30-18-5-2-1-3-6-18/h1-3,5-10H,4,11-15H2,(H2,26,28)/t21-/m0/s1. The van der Waals surface area contributed by atoms with Crippen LogP contribution in [-0.4, -0.2) is 36.4 Å². The van der Waals surface area contributed by atoms with Crippen molar-refractivity contribution in [1.82, 2.24) is 4.90 Å². The molecule has 2 N–H and O–H groups in total. The molecule has 1 heterocycles. The van der Waals surface area contributed by atoms with E-state index in [1.807, 2.05) is 18.2 Å². The van der Waals surface area contributed by atoms with Crippen LogP contribution < -0.4 is 10.5 Å². The van der Waals surface area contributed by atoms with Crippen molar-refractivity contribution in [2.75, 3.05) is 19.7 Å². The lowest BCUT2D eigenvalue weighted by atomic mass is 9.77. The van der Waals surface area contributed by atoms with Gasteiger partial charge in [0.05, 0.1) is 12.2 Å². The lowest BCUT2D eigenvalue weighted by Crippen LogP contribution is -2.50. The van der Waals surface area contributed by atoms with E-state index in [0.29, 0.717) is 25.1 Å². The van der Waals surface area contributed by atoms with Gasteiger partial charge in [-0.15, -0.1) is 0 Å². The molecular weight excluding hydrogens is 397 g/mol. The summed E-state index contributed by atoms with van der Waals surface area (Å²) in [7, 11) is 0. The van der Waals surface area contributed by atoms with E-state index in [1.165, 1.54) is 12.1 Å². The van der Waals surface area contributed by atoms with Crippen molar-refractivity contribution in [3.63, 3.8) is 0 Å². The predicted octanol–water partition coefficient (Wildman–Crippen LogP) is 3.88. The number of para-hydroxylation sites is 1. The first-order chi connectivity index (χ1) is 14.2. The average molecular weight is 420 g/mol. The van der Waals surface area contributed by atoms with Crippen LogP contribution in [0.5, 0.6) is 5.75 Å². The Balaban J connectivity index is 1.75. The molecule has 5 nitrogen and oxygen atoms in total. The third kappa shape index (κ3) is 5.31. The van der Waals surface area contributed by atoms with Gasteiger partial charge in [0.1, 0.15) is 5.75 Å². The van der Waals surface area contributed by atoms with Crippen LogP contribution in [0.4, 0.5) is 13.2 Å². The van der Waals surface area contributed by atoms with E-state index in [2.05, 4.69) is 0 Å². The normalized spacial score (nSPS) is 19.4. The molecule has 0 aromatic heterocycles. The molecule has 0 unspecified atom stereocenters. The second-order valence-electron chi connectivity index (χ2n) is 7.65. The van der Waals surface area contributed by atoms with Gasteiger partial charge < -0.3 is 15.4 Å². The summed E-state index contributed by atoms with van der Waals surface area (Å²) >= 11 is 0. The highest BCUT2D eigenvalue weighted by molar-refractivity contribution is 5.94. The van der Waals surface area contributed by atoms with Gasteiger partial charge in [-0.1, -0.05) is 18.2 Å². The summed E-state index contributed by atoms with van der Waals surface area (Å²) in [6, 6.07) is 13.3. The van der Waals surface area contributed by atoms with E-state index < -0.39 is 23.1 Å². The number of alkyl halides is 3. The highest BCUT2D eigenvalue weighted by Crippen LogP contribution is 2.35. The van der Waals surface area contributed by atoms with Crippen molar-refractivity contribution in [2.45, 2.75) is 25.4 Å². The smallest absolute Gasteiger partial charge is 0.416 e. The zero-order valence-electron chi connectivity index (χ0n) is 16.3. The van der Waals surface area contributed by atoms with Crippen molar-refractivity contribution in [3.05, 3.63) is 65.7 Å². The molecule has 0 spiro atoms. The summed E-state index contributed by atoms with van der Waals surface area (Å²) in [6.45, 7) is 0.894. The first kappa shape index (κ1) is 21.7. The third-order valence-electron chi connectivity index (χ3n) is 5.25. The van der Waals surface area contributed by atoms with Crippen LogP contribution >= 0.6 is 0 Å². The van der Waals surface area contributed by atoms with Crippen molar-refractivity contribution < 1.29 is 27.5 Å². The average Bonchev–Trinajstić information content (AvgIpc) is 2.72. The summed E-state index contributed by atoms with van der Waals surface area (Å²) in [5.74, 6) is -0.222. The quantitative estimate of drug-likeness (QED) is 0.771. The van der Waals surface area contributed by atoms with Gasteiger partial charge in [0, 0.05) is 30.5 Å². The molecule has 160 valence electrons. The summed E-state index contributed by atoms with van der Waals surface area (Å²) in [5, 5.41) is 0. The number of amides is 2. The fraction of sp³-hybridized carbons (Fsp3) is 0.364. The van der Waals surface area contributed by atoms with E-state index in [-0.39, 0.29) is 31.0 Å². The Morgan fingerprint density at radius 3 is 2.33 bits per heavy atom. The Morgan fingerprint density at radius 1 is 1.07 bits per heavy atom. The van der Waals surface area contributed by atoms with Gasteiger partial charge in [0.15, 0.2) is 0 Å². The molecule has 1 aliphatic rings. The second kappa shape index (κ2) is 8.77. The number of nitrogens with zero attached hydrogens (tertiary/aromatic N) is 1. The number of rotatable bonds is 6. The van der Waals surface area contributed by atoms with Crippen LogP contribution in [0.25, 0.3) is 0 Å². The number of primary amides is 1. The molecular formula is C22H23F3N2O3. The Hall–Kier alpha value is -3.03. The monoisotopic (exact) mass is 420 g/mol. The molecule has 1 aliphatic heterocycles. The third-order valence-corrected chi connectivity index (χ3v) is 5.25. The van der Waals surface area contributed by atoms with Crippen LogP contribution in [0.15, 0.2) is 54.6 Å². The molecule has 0 radical (unpaired) electrons. The molecule has 2 aromatic rings. The van der Waals surface area contributed by atoms with E-state index in [4.69, 9.17) is 10.5 Å². The largest absolute Gasteiger partial charge is 0.493 e. The van der Waals surface area contributed by atoms with Crippen LogP contribution in [0.1, 0.15) is 35.2 Å². The van der Waals surface area contributed by atoms with Gasteiger partial charge in [0.25, 0.3) is 5.91 Å². The minimum absolute atomic E-state index is 0.0522. The minimum Gasteiger partial charge on any atom is -0.493 e. The second-order valence-corrected chi connectivity index (χ2v) is 7.65. The highest BCUT2D eigenvalue weighted by Gasteiger charge is 2.40. The zero-order chi connectivity index (χ0) is 21.8. The maximum absolute atomic E-state index is 12.9.